The number of rotatable bonds is 2. The fraction of sp³-hybridized carbons (Fsp3) is 0.273. The van der Waals surface area contributed by atoms with Crippen LogP contribution in [-0.2, 0) is 0 Å². The van der Waals surface area contributed by atoms with Crippen molar-refractivity contribution in [3.63, 3.8) is 0 Å². The van der Waals surface area contributed by atoms with Crippen molar-refractivity contribution in [2.45, 2.75) is 0 Å². The molecule has 1 aliphatic rings. The Morgan fingerprint density at radius 2 is 2.12 bits per heavy atom. The second-order valence-electron chi connectivity index (χ2n) is 3.51. The molecule has 90 valence electrons. The Morgan fingerprint density at radius 3 is 2.82 bits per heavy atom. The summed E-state index contributed by atoms with van der Waals surface area (Å²) in [7, 11) is 1.48. The first-order chi connectivity index (χ1) is 8.16. The van der Waals surface area contributed by atoms with Crippen LogP contribution in [0.15, 0.2) is 23.3 Å². The van der Waals surface area contributed by atoms with Crippen molar-refractivity contribution >= 4 is 12.2 Å². The summed E-state index contributed by atoms with van der Waals surface area (Å²) in [4.78, 5) is 10.7. The molecule has 0 saturated carbocycles. The SMILES string of the molecule is CN(/N=C\c1ccc2c(c1)OCCO2)C(N)=O. The molecule has 2 rings (SSSR count). The quantitative estimate of drug-likeness (QED) is 0.608. The maximum absolute atomic E-state index is 10.7. The van der Waals surface area contributed by atoms with Gasteiger partial charge in [-0.05, 0) is 23.8 Å². The van der Waals surface area contributed by atoms with E-state index in [2.05, 4.69) is 5.10 Å². The summed E-state index contributed by atoms with van der Waals surface area (Å²) in [5.41, 5.74) is 5.85. The minimum Gasteiger partial charge on any atom is -0.486 e. The van der Waals surface area contributed by atoms with Crippen LogP contribution in [-0.4, -0.2) is 37.5 Å². The standard InChI is InChI=1S/C11H13N3O3/c1-14(11(12)15)13-7-8-2-3-9-10(6-8)17-5-4-16-9/h2-3,6-7H,4-5H2,1H3,(H2,12,15)/b13-7-. The number of benzene rings is 1. The zero-order valence-corrected chi connectivity index (χ0v) is 9.42. The normalized spacial score (nSPS) is 13.7. The number of ether oxygens (including phenoxy) is 2. The van der Waals surface area contributed by atoms with Crippen molar-refractivity contribution in [2.75, 3.05) is 20.3 Å². The van der Waals surface area contributed by atoms with Crippen LogP contribution in [0.5, 0.6) is 11.5 Å². The largest absolute Gasteiger partial charge is 0.486 e. The molecule has 0 unspecified atom stereocenters. The minimum atomic E-state index is -0.612. The van der Waals surface area contributed by atoms with Gasteiger partial charge < -0.3 is 15.2 Å². The molecule has 17 heavy (non-hydrogen) atoms. The predicted octanol–water partition coefficient (Wildman–Crippen LogP) is 0.802. The van der Waals surface area contributed by atoms with Gasteiger partial charge >= 0.3 is 6.03 Å². The highest BCUT2D eigenvalue weighted by Gasteiger charge is 2.10. The van der Waals surface area contributed by atoms with Gasteiger partial charge in [0.15, 0.2) is 11.5 Å². The van der Waals surface area contributed by atoms with Gasteiger partial charge in [-0.25, -0.2) is 9.80 Å². The summed E-state index contributed by atoms with van der Waals surface area (Å²) in [5, 5.41) is 4.93. The molecule has 6 nitrogen and oxygen atoms in total. The van der Waals surface area contributed by atoms with Crippen LogP contribution in [0.2, 0.25) is 0 Å². The van der Waals surface area contributed by atoms with Gasteiger partial charge in [0, 0.05) is 7.05 Å². The number of nitrogens with two attached hydrogens (primary N) is 1. The van der Waals surface area contributed by atoms with E-state index in [1.54, 1.807) is 12.1 Å². The molecule has 0 radical (unpaired) electrons. The summed E-state index contributed by atoms with van der Waals surface area (Å²) in [5.74, 6) is 1.40. The van der Waals surface area contributed by atoms with E-state index in [9.17, 15) is 4.79 Å². The van der Waals surface area contributed by atoms with E-state index in [1.807, 2.05) is 6.07 Å². The summed E-state index contributed by atoms with van der Waals surface area (Å²) in [6.45, 7) is 1.10. The molecule has 0 saturated heterocycles. The number of nitrogens with zero attached hydrogens (tertiary/aromatic N) is 2. The lowest BCUT2D eigenvalue weighted by atomic mass is 10.2. The highest BCUT2D eigenvalue weighted by molar-refractivity contribution is 5.82. The minimum absolute atomic E-state index is 0.536. The topological polar surface area (TPSA) is 77.2 Å². The van der Waals surface area contributed by atoms with Crippen LogP contribution in [0.4, 0.5) is 4.79 Å². The van der Waals surface area contributed by atoms with Crippen LogP contribution in [0.25, 0.3) is 0 Å². The van der Waals surface area contributed by atoms with E-state index < -0.39 is 6.03 Å². The van der Waals surface area contributed by atoms with Crippen LogP contribution >= 0.6 is 0 Å². The molecule has 6 heteroatoms. The van der Waals surface area contributed by atoms with Crippen molar-refractivity contribution in [1.82, 2.24) is 5.01 Å². The molecular formula is C11H13N3O3. The molecule has 2 amide bonds. The number of hydrazone groups is 1. The summed E-state index contributed by atoms with van der Waals surface area (Å²) < 4.78 is 10.8. The van der Waals surface area contributed by atoms with E-state index in [-0.39, 0.29) is 0 Å². The lowest BCUT2D eigenvalue weighted by Crippen LogP contribution is -2.27. The first-order valence-corrected chi connectivity index (χ1v) is 5.13. The van der Waals surface area contributed by atoms with Gasteiger partial charge in [0.1, 0.15) is 13.2 Å². The molecule has 0 bridgehead atoms. The molecule has 2 N–H and O–H groups in total. The molecule has 1 heterocycles. The monoisotopic (exact) mass is 235 g/mol. The zero-order valence-electron chi connectivity index (χ0n) is 9.42. The molecule has 0 atom stereocenters. The molecule has 0 spiro atoms. The van der Waals surface area contributed by atoms with E-state index in [4.69, 9.17) is 15.2 Å². The Hall–Kier alpha value is -2.24. The molecule has 0 aromatic heterocycles. The lowest BCUT2D eigenvalue weighted by Gasteiger charge is -2.18. The van der Waals surface area contributed by atoms with E-state index in [1.165, 1.54) is 13.3 Å². The highest BCUT2D eigenvalue weighted by atomic mass is 16.6. The van der Waals surface area contributed by atoms with Crippen LogP contribution < -0.4 is 15.2 Å². The Bertz CT molecular complexity index is 459. The van der Waals surface area contributed by atoms with Gasteiger partial charge in [0.2, 0.25) is 0 Å². The molecule has 0 fully saturated rings. The van der Waals surface area contributed by atoms with Gasteiger partial charge in [-0.3, -0.25) is 0 Å². The number of hydrogen-bond donors (Lipinski definition) is 1. The van der Waals surface area contributed by atoms with Gasteiger partial charge in [-0.2, -0.15) is 5.10 Å². The van der Waals surface area contributed by atoms with Gasteiger partial charge in [0.25, 0.3) is 0 Å². The van der Waals surface area contributed by atoms with Crippen molar-refractivity contribution in [2.24, 2.45) is 10.8 Å². The molecule has 1 aliphatic heterocycles. The van der Waals surface area contributed by atoms with Crippen LogP contribution in [0.1, 0.15) is 5.56 Å². The Balaban J connectivity index is 2.14. The zero-order chi connectivity index (χ0) is 12.3. The number of amides is 2. The van der Waals surface area contributed by atoms with Gasteiger partial charge in [0.05, 0.1) is 6.21 Å². The van der Waals surface area contributed by atoms with E-state index in [0.717, 1.165) is 16.3 Å². The van der Waals surface area contributed by atoms with Crippen molar-refractivity contribution in [3.05, 3.63) is 23.8 Å². The molecule has 1 aromatic carbocycles. The van der Waals surface area contributed by atoms with Crippen LogP contribution in [0.3, 0.4) is 0 Å². The number of fused-ring (bicyclic) bond motifs is 1. The highest BCUT2D eigenvalue weighted by Crippen LogP contribution is 2.30. The average molecular weight is 235 g/mol. The Labute approximate surface area is 98.6 Å². The predicted molar refractivity (Wildman–Crippen MR) is 62.4 cm³/mol. The number of carbonyl (C=O) groups is 1. The maximum atomic E-state index is 10.7. The second kappa shape index (κ2) is 4.73. The average Bonchev–Trinajstić information content (AvgIpc) is 2.35. The van der Waals surface area contributed by atoms with E-state index in [0.29, 0.717) is 19.0 Å². The Kier molecular flexibility index (Phi) is 3.13. The number of carbonyl (C=O) groups excluding carboxylic acids is 1. The van der Waals surface area contributed by atoms with Crippen molar-refractivity contribution < 1.29 is 14.3 Å². The summed E-state index contributed by atoms with van der Waals surface area (Å²) >= 11 is 0. The summed E-state index contributed by atoms with van der Waals surface area (Å²) in [6.07, 6.45) is 1.53. The number of hydrogen-bond acceptors (Lipinski definition) is 4. The van der Waals surface area contributed by atoms with Crippen LogP contribution in [0, 0.1) is 0 Å². The maximum Gasteiger partial charge on any atom is 0.334 e. The lowest BCUT2D eigenvalue weighted by molar-refractivity contribution is 0.171. The second-order valence-corrected chi connectivity index (χ2v) is 3.51. The third kappa shape index (κ3) is 2.66. The van der Waals surface area contributed by atoms with Gasteiger partial charge in [-0.15, -0.1) is 0 Å². The third-order valence-electron chi connectivity index (χ3n) is 2.27. The molecule has 1 aromatic rings. The number of primary amides is 1. The van der Waals surface area contributed by atoms with Crippen molar-refractivity contribution in [3.8, 4) is 11.5 Å². The molecular weight excluding hydrogens is 222 g/mol. The number of urea groups is 1. The van der Waals surface area contributed by atoms with Crippen molar-refractivity contribution in [1.29, 1.82) is 0 Å². The first kappa shape index (κ1) is 11.3. The fourth-order valence-electron chi connectivity index (χ4n) is 1.35. The van der Waals surface area contributed by atoms with Gasteiger partial charge in [-0.1, -0.05) is 0 Å². The fourth-order valence-corrected chi connectivity index (χ4v) is 1.35. The first-order valence-electron chi connectivity index (χ1n) is 5.13. The third-order valence-corrected chi connectivity index (χ3v) is 2.27. The van der Waals surface area contributed by atoms with E-state index >= 15 is 0 Å². The Morgan fingerprint density at radius 1 is 1.41 bits per heavy atom. The summed E-state index contributed by atoms with van der Waals surface area (Å²) in [6, 6.07) is 4.82. The molecule has 0 aliphatic carbocycles. The smallest absolute Gasteiger partial charge is 0.334 e.